The van der Waals surface area contributed by atoms with Gasteiger partial charge in [-0.3, -0.25) is 9.78 Å². The van der Waals surface area contributed by atoms with Crippen LogP contribution in [-0.4, -0.2) is 35.8 Å². The maximum Gasteiger partial charge on any atom is 0.514 e. The molecule has 1 aliphatic heterocycles. The number of nitrogens with zero attached hydrogens (tertiary/aromatic N) is 1. The molecule has 1 amide bonds. The van der Waals surface area contributed by atoms with Gasteiger partial charge in [0.05, 0.1) is 16.8 Å². The Morgan fingerprint density at radius 3 is 2.45 bits per heavy atom. The molecule has 2 rings (SSSR count). The molecular weight excluding hydrogens is 255 g/mol. The lowest BCUT2D eigenvalue weighted by atomic mass is 9.83. The number of aromatic nitrogens is 1. The maximum absolute atomic E-state index is 11.8. The smallest absolute Gasteiger partial charge is 0.398 e. The lowest BCUT2D eigenvalue weighted by molar-refractivity contribution is 0.00578. The zero-order valence-electron chi connectivity index (χ0n) is 12.7. The number of carbonyl (C=O) groups is 1. The fraction of sp³-hybridized carbons (Fsp3) is 0.571. The summed E-state index contributed by atoms with van der Waals surface area (Å²) in [7, 11) is -0.547. The van der Waals surface area contributed by atoms with Gasteiger partial charge in [0.25, 0.3) is 5.91 Å². The number of hydrogen-bond donors (Lipinski definition) is 1. The first kappa shape index (κ1) is 15.0. The van der Waals surface area contributed by atoms with Crippen molar-refractivity contribution in [3.63, 3.8) is 0 Å². The molecular formula is C14H21BN2O3. The average Bonchev–Trinajstić information content (AvgIpc) is 2.59. The van der Waals surface area contributed by atoms with E-state index >= 15 is 0 Å². The van der Waals surface area contributed by atoms with E-state index < -0.39 is 18.3 Å². The lowest BCUT2D eigenvalue weighted by Gasteiger charge is -2.32. The summed E-state index contributed by atoms with van der Waals surface area (Å²) in [6.07, 6.45) is 1.60. The molecule has 5 nitrogen and oxygen atoms in total. The minimum absolute atomic E-state index is 0.118. The third kappa shape index (κ3) is 2.71. The summed E-state index contributed by atoms with van der Waals surface area (Å²) in [5.41, 5.74) is 0.348. The molecule has 108 valence electrons. The second-order valence-corrected chi connectivity index (χ2v) is 5.92. The van der Waals surface area contributed by atoms with Gasteiger partial charge in [0.15, 0.2) is 0 Å². The molecule has 2 heterocycles. The third-order valence-electron chi connectivity index (χ3n) is 3.88. The summed E-state index contributed by atoms with van der Waals surface area (Å²) in [6.45, 7) is 10.4. The maximum atomic E-state index is 11.8. The van der Waals surface area contributed by atoms with Crippen molar-refractivity contribution >= 4 is 18.6 Å². The van der Waals surface area contributed by atoms with Crippen LogP contribution in [0, 0.1) is 0 Å². The molecule has 0 aromatic carbocycles. The van der Waals surface area contributed by atoms with Gasteiger partial charge < -0.3 is 14.6 Å². The SMILES string of the molecule is CCNC(=O)c1ccnc(B2OC(C)(C)C(C)(C)O2)c1. The summed E-state index contributed by atoms with van der Waals surface area (Å²) in [5.74, 6) is -0.118. The molecule has 0 bridgehead atoms. The molecule has 0 unspecified atom stereocenters. The molecule has 1 fully saturated rings. The second kappa shape index (κ2) is 5.18. The Kier molecular flexibility index (Phi) is 3.89. The predicted octanol–water partition coefficient (Wildman–Crippen LogP) is 1.13. The normalized spacial score (nSPS) is 19.9. The molecule has 1 aromatic heterocycles. The number of rotatable bonds is 3. The Labute approximate surface area is 120 Å². The van der Waals surface area contributed by atoms with E-state index in [1.54, 1.807) is 18.3 Å². The van der Waals surface area contributed by atoms with Crippen molar-refractivity contribution in [3.05, 3.63) is 23.9 Å². The Morgan fingerprint density at radius 2 is 1.90 bits per heavy atom. The van der Waals surface area contributed by atoms with Gasteiger partial charge in [-0.25, -0.2) is 0 Å². The Balaban J connectivity index is 2.23. The van der Waals surface area contributed by atoms with Crippen LogP contribution in [0.5, 0.6) is 0 Å². The van der Waals surface area contributed by atoms with Gasteiger partial charge in [-0.15, -0.1) is 0 Å². The first-order valence-electron chi connectivity index (χ1n) is 6.86. The highest BCUT2D eigenvalue weighted by Gasteiger charge is 2.52. The van der Waals surface area contributed by atoms with E-state index in [1.165, 1.54) is 0 Å². The highest BCUT2D eigenvalue weighted by Crippen LogP contribution is 2.36. The highest BCUT2D eigenvalue weighted by atomic mass is 16.7. The molecule has 6 heteroatoms. The molecule has 0 saturated carbocycles. The van der Waals surface area contributed by atoms with E-state index in [0.717, 1.165) is 0 Å². The standard InChI is InChI=1S/C14H21BN2O3/c1-6-16-12(18)10-7-8-17-11(9-10)15-19-13(2,3)14(4,5)20-15/h7-9H,6H2,1-5H3,(H,16,18). The van der Waals surface area contributed by atoms with Crippen LogP contribution < -0.4 is 10.9 Å². The summed E-state index contributed by atoms with van der Waals surface area (Å²) < 4.78 is 11.9. The first-order chi connectivity index (χ1) is 9.27. The third-order valence-corrected chi connectivity index (χ3v) is 3.88. The predicted molar refractivity (Wildman–Crippen MR) is 78.0 cm³/mol. The quantitative estimate of drug-likeness (QED) is 0.841. The molecule has 0 radical (unpaired) electrons. The van der Waals surface area contributed by atoms with Crippen molar-refractivity contribution in [1.82, 2.24) is 10.3 Å². The van der Waals surface area contributed by atoms with Gasteiger partial charge in [0.1, 0.15) is 0 Å². The molecule has 1 aliphatic rings. The summed E-state index contributed by atoms with van der Waals surface area (Å²) in [5, 5.41) is 2.76. The second-order valence-electron chi connectivity index (χ2n) is 5.92. The number of pyridine rings is 1. The van der Waals surface area contributed by atoms with Gasteiger partial charge in [0, 0.05) is 18.3 Å². The van der Waals surface area contributed by atoms with E-state index in [1.807, 2.05) is 34.6 Å². The summed E-state index contributed by atoms with van der Waals surface area (Å²) in [6, 6.07) is 3.40. The molecule has 0 aliphatic carbocycles. The van der Waals surface area contributed by atoms with Gasteiger partial charge in [0.2, 0.25) is 0 Å². The fourth-order valence-electron chi connectivity index (χ4n) is 1.94. The van der Waals surface area contributed by atoms with Crippen molar-refractivity contribution in [2.75, 3.05) is 6.54 Å². The Morgan fingerprint density at radius 1 is 1.30 bits per heavy atom. The molecule has 1 aromatic rings. The summed E-state index contributed by atoms with van der Waals surface area (Å²) in [4.78, 5) is 16.1. The fourth-order valence-corrected chi connectivity index (χ4v) is 1.94. The van der Waals surface area contributed by atoms with Crippen molar-refractivity contribution < 1.29 is 14.1 Å². The highest BCUT2D eigenvalue weighted by molar-refractivity contribution is 6.61. The zero-order valence-corrected chi connectivity index (χ0v) is 12.7. The molecule has 1 N–H and O–H groups in total. The largest absolute Gasteiger partial charge is 0.514 e. The van der Waals surface area contributed by atoms with Crippen LogP contribution in [0.15, 0.2) is 18.3 Å². The number of nitrogens with one attached hydrogen (secondary N) is 1. The van der Waals surface area contributed by atoms with Crippen molar-refractivity contribution in [2.45, 2.75) is 45.8 Å². The lowest BCUT2D eigenvalue weighted by Crippen LogP contribution is -2.41. The topological polar surface area (TPSA) is 60.5 Å². The minimum Gasteiger partial charge on any atom is -0.398 e. The van der Waals surface area contributed by atoms with Crippen LogP contribution in [0.2, 0.25) is 0 Å². The van der Waals surface area contributed by atoms with Crippen LogP contribution in [0.1, 0.15) is 45.0 Å². The van der Waals surface area contributed by atoms with E-state index in [-0.39, 0.29) is 5.91 Å². The molecule has 0 atom stereocenters. The van der Waals surface area contributed by atoms with E-state index in [0.29, 0.717) is 17.7 Å². The Hall–Kier alpha value is -1.40. The average molecular weight is 276 g/mol. The van der Waals surface area contributed by atoms with Crippen LogP contribution in [-0.2, 0) is 9.31 Å². The molecule has 0 spiro atoms. The molecule has 1 saturated heterocycles. The number of hydrogen-bond acceptors (Lipinski definition) is 4. The van der Waals surface area contributed by atoms with Crippen LogP contribution in [0.3, 0.4) is 0 Å². The van der Waals surface area contributed by atoms with E-state index in [4.69, 9.17) is 9.31 Å². The van der Waals surface area contributed by atoms with E-state index in [9.17, 15) is 4.79 Å². The number of amides is 1. The summed E-state index contributed by atoms with van der Waals surface area (Å²) >= 11 is 0. The number of carbonyl (C=O) groups excluding carboxylic acids is 1. The van der Waals surface area contributed by atoms with Gasteiger partial charge in [-0.2, -0.15) is 0 Å². The Bertz CT molecular complexity index is 501. The van der Waals surface area contributed by atoms with Crippen LogP contribution in [0.25, 0.3) is 0 Å². The zero-order chi connectivity index (χ0) is 15.0. The van der Waals surface area contributed by atoms with Crippen molar-refractivity contribution in [1.29, 1.82) is 0 Å². The van der Waals surface area contributed by atoms with Crippen LogP contribution in [0.4, 0.5) is 0 Å². The van der Waals surface area contributed by atoms with Gasteiger partial charge in [-0.05, 0) is 46.8 Å². The van der Waals surface area contributed by atoms with Gasteiger partial charge in [-0.1, -0.05) is 0 Å². The first-order valence-corrected chi connectivity index (χ1v) is 6.86. The van der Waals surface area contributed by atoms with Crippen molar-refractivity contribution in [2.24, 2.45) is 0 Å². The minimum atomic E-state index is -0.547. The van der Waals surface area contributed by atoms with E-state index in [2.05, 4.69) is 10.3 Å². The monoisotopic (exact) mass is 276 g/mol. The van der Waals surface area contributed by atoms with Gasteiger partial charge >= 0.3 is 7.12 Å². The molecule has 20 heavy (non-hydrogen) atoms. The van der Waals surface area contributed by atoms with Crippen molar-refractivity contribution in [3.8, 4) is 0 Å². The van der Waals surface area contributed by atoms with Crippen LogP contribution >= 0.6 is 0 Å².